The molecule has 13 heteroatoms. The number of halogens is 1. The molecule has 6 heterocycles. The van der Waals surface area contributed by atoms with E-state index in [0.29, 0.717) is 25.4 Å². The van der Waals surface area contributed by atoms with E-state index in [2.05, 4.69) is 42.3 Å². The summed E-state index contributed by atoms with van der Waals surface area (Å²) in [6, 6.07) is 16.2. The van der Waals surface area contributed by atoms with E-state index in [4.69, 9.17) is 15.0 Å². The minimum atomic E-state index is -1.10. The minimum absolute atomic E-state index is 0. The molecule has 12 nitrogen and oxygen atoms in total. The van der Waals surface area contributed by atoms with Gasteiger partial charge >= 0.3 is 6.09 Å². The number of carboxylic acid groups (broad SMARTS) is 1. The van der Waals surface area contributed by atoms with E-state index in [9.17, 15) is 14.7 Å². The Labute approximate surface area is 293 Å². The van der Waals surface area contributed by atoms with Crippen LogP contribution in [0.15, 0.2) is 73.3 Å². The van der Waals surface area contributed by atoms with Crippen molar-refractivity contribution >= 4 is 35.3 Å². The van der Waals surface area contributed by atoms with Crippen molar-refractivity contribution in [3.8, 4) is 33.8 Å². The number of H-pyrrole nitrogens is 2. The van der Waals surface area contributed by atoms with Crippen molar-refractivity contribution < 1.29 is 14.7 Å². The molecule has 5 N–H and O–H groups in total. The number of rotatable bonds is 6. The van der Waals surface area contributed by atoms with Crippen LogP contribution in [0.4, 0.5) is 4.79 Å². The van der Waals surface area contributed by atoms with Gasteiger partial charge in [-0.2, -0.15) is 0 Å². The zero-order chi connectivity index (χ0) is 33.1. The van der Waals surface area contributed by atoms with Crippen LogP contribution in [0.25, 0.3) is 44.8 Å². The van der Waals surface area contributed by atoms with E-state index < -0.39 is 18.1 Å². The van der Waals surface area contributed by atoms with E-state index in [0.717, 1.165) is 87.1 Å². The number of Topliss-reactive ketones (excluding diaryl/α,β-unsaturated/α-hetero) is 1. The van der Waals surface area contributed by atoms with E-state index in [1.807, 2.05) is 55.0 Å². The van der Waals surface area contributed by atoms with E-state index in [-0.39, 0.29) is 24.1 Å². The van der Waals surface area contributed by atoms with Crippen LogP contribution in [-0.2, 0) is 17.8 Å². The van der Waals surface area contributed by atoms with Crippen molar-refractivity contribution in [2.45, 2.75) is 62.6 Å². The Morgan fingerprint density at radius 1 is 0.880 bits per heavy atom. The average molecular weight is 690 g/mol. The van der Waals surface area contributed by atoms with Crippen molar-refractivity contribution in [3.63, 3.8) is 0 Å². The lowest BCUT2D eigenvalue weighted by Crippen LogP contribution is -2.44. The molecule has 1 saturated heterocycles. The molecule has 0 saturated carbocycles. The number of benzene rings is 2. The van der Waals surface area contributed by atoms with Crippen LogP contribution in [0.1, 0.15) is 66.5 Å². The van der Waals surface area contributed by atoms with Crippen molar-refractivity contribution in [2.24, 2.45) is 0 Å². The quantitative estimate of drug-likeness (QED) is 0.139. The Kier molecular flexibility index (Phi) is 8.20. The molecule has 254 valence electrons. The first-order chi connectivity index (χ1) is 24.0. The van der Waals surface area contributed by atoms with Gasteiger partial charge in [0.1, 0.15) is 17.4 Å². The largest absolute Gasteiger partial charge is 0.465 e. The first kappa shape index (κ1) is 31.9. The average Bonchev–Trinajstić information content (AvgIpc) is 3.94. The number of aromatic amines is 2. The maximum absolute atomic E-state index is 13.6. The summed E-state index contributed by atoms with van der Waals surface area (Å²) in [5.41, 5.74) is 9.28. The number of ketones is 1. The minimum Gasteiger partial charge on any atom is -0.465 e. The summed E-state index contributed by atoms with van der Waals surface area (Å²) >= 11 is 0. The molecule has 1 unspecified atom stereocenters. The topological polar surface area (TPSA) is 166 Å². The Hall–Kier alpha value is -5.33. The van der Waals surface area contributed by atoms with Gasteiger partial charge in [0.2, 0.25) is 0 Å². The second-order valence-electron chi connectivity index (χ2n) is 13.4. The first-order valence-electron chi connectivity index (χ1n) is 16.9. The predicted octanol–water partition coefficient (Wildman–Crippen LogP) is 6.15. The number of aryl methyl sites for hydroxylation is 1. The van der Waals surface area contributed by atoms with E-state index in [1.54, 1.807) is 6.20 Å². The van der Waals surface area contributed by atoms with Crippen LogP contribution in [0.2, 0.25) is 0 Å². The number of imidazole rings is 2. The van der Waals surface area contributed by atoms with Crippen molar-refractivity contribution in [1.29, 1.82) is 0 Å². The highest BCUT2D eigenvalue weighted by Crippen LogP contribution is 2.40. The number of hydrogen-bond donors (Lipinski definition) is 5. The molecule has 50 heavy (non-hydrogen) atoms. The molecule has 4 aromatic heterocycles. The zero-order valence-corrected chi connectivity index (χ0v) is 27.9. The second-order valence-corrected chi connectivity index (χ2v) is 13.4. The summed E-state index contributed by atoms with van der Waals surface area (Å²) in [7, 11) is 0. The molecule has 2 aliphatic heterocycles. The summed E-state index contributed by atoms with van der Waals surface area (Å²) in [6.07, 6.45) is 10.3. The Morgan fingerprint density at radius 2 is 1.64 bits per heavy atom. The fourth-order valence-corrected chi connectivity index (χ4v) is 7.90. The van der Waals surface area contributed by atoms with Crippen LogP contribution in [-0.4, -0.2) is 64.0 Å². The molecule has 9 rings (SSSR count). The monoisotopic (exact) mass is 689 g/mol. The molecule has 0 bridgehead atoms. The SMILES string of the molecule is Cl.O=C(O)N[C@H]1CCc2ccn3c2C1C(=O)C[C@H](c1ncc(-c2ccc(-c4cnc5cc(-c6cnc([C@@H]7CCCN7)[nH]6)ccc5n4)cc2)[nH]1)C3. The number of nitrogens with one attached hydrogen (secondary N) is 4. The summed E-state index contributed by atoms with van der Waals surface area (Å²) in [4.78, 5) is 51.0. The van der Waals surface area contributed by atoms with Gasteiger partial charge in [-0.3, -0.25) is 9.78 Å². The summed E-state index contributed by atoms with van der Waals surface area (Å²) < 4.78 is 2.12. The molecule has 1 amide bonds. The Bertz CT molecular complexity index is 2220. The molecular weight excluding hydrogens is 654 g/mol. The number of hydrogen-bond acceptors (Lipinski definition) is 7. The Morgan fingerprint density at radius 3 is 2.44 bits per heavy atom. The van der Waals surface area contributed by atoms with Gasteiger partial charge < -0.3 is 30.3 Å². The van der Waals surface area contributed by atoms with Crippen molar-refractivity contribution in [2.75, 3.05) is 6.54 Å². The van der Waals surface area contributed by atoms with Crippen molar-refractivity contribution in [1.82, 2.24) is 45.1 Å². The summed E-state index contributed by atoms with van der Waals surface area (Å²) in [5, 5.41) is 15.5. The van der Waals surface area contributed by atoms with Crippen LogP contribution in [0.5, 0.6) is 0 Å². The smallest absolute Gasteiger partial charge is 0.404 e. The standard InChI is InChI=1S/C37H35N9O3.ClH/c47-32-15-24(19-46-13-11-22-7-10-26(45-37(48)49)33(32)34(22)46)35-40-17-30(43-35)21-5-3-20(4-6-21)29-16-39-28-14-23(8-9-25(28)42-29)31-18-41-36(44-31)27-2-1-12-38-27;/h3-6,8-9,11,13-14,16-18,24,26-27,33,38,45H,1-2,7,10,12,15,19H2,(H,40,43)(H,41,44)(H,48,49);1H/t24-,26-,27-,33?;/m0./s1. The Balaban J connectivity index is 0.00000361. The summed E-state index contributed by atoms with van der Waals surface area (Å²) in [5.74, 6) is 1.14. The molecule has 0 spiro atoms. The van der Waals surface area contributed by atoms with Gasteiger partial charge in [0.05, 0.1) is 58.7 Å². The van der Waals surface area contributed by atoms with Crippen LogP contribution >= 0.6 is 12.4 Å². The molecule has 1 aliphatic carbocycles. The number of aromatic nitrogens is 7. The lowest BCUT2D eigenvalue weighted by molar-refractivity contribution is -0.121. The highest BCUT2D eigenvalue weighted by molar-refractivity contribution is 5.89. The zero-order valence-electron chi connectivity index (χ0n) is 27.1. The first-order valence-corrected chi connectivity index (χ1v) is 16.9. The molecule has 3 aliphatic rings. The normalized spacial score (nSPS) is 21.4. The fourth-order valence-electron chi connectivity index (χ4n) is 7.90. The molecule has 6 aromatic rings. The van der Waals surface area contributed by atoms with Gasteiger partial charge in [0.15, 0.2) is 0 Å². The maximum atomic E-state index is 13.6. The third kappa shape index (κ3) is 5.73. The highest BCUT2D eigenvalue weighted by Gasteiger charge is 2.41. The molecule has 1 fully saturated rings. The fraction of sp³-hybridized carbons (Fsp3) is 0.297. The lowest BCUT2D eigenvalue weighted by Gasteiger charge is -2.31. The van der Waals surface area contributed by atoms with E-state index in [1.165, 1.54) is 6.42 Å². The van der Waals surface area contributed by atoms with Crippen molar-refractivity contribution in [3.05, 3.63) is 96.2 Å². The van der Waals surface area contributed by atoms with Gasteiger partial charge in [0, 0.05) is 47.9 Å². The van der Waals surface area contributed by atoms with E-state index >= 15 is 0 Å². The number of nitrogens with zero attached hydrogens (tertiary/aromatic N) is 5. The number of carbonyl (C=O) groups excluding carboxylic acids is 1. The number of fused-ring (bicyclic) bond motifs is 1. The second kappa shape index (κ2) is 12.8. The maximum Gasteiger partial charge on any atom is 0.404 e. The highest BCUT2D eigenvalue weighted by atomic mass is 35.5. The number of amides is 1. The molecule has 2 aromatic carbocycles. The molecule has 4 atom stereocenters. The van der Waals surface area contributed by atoms with Gasteiger partial charge in [-0.25, -0.2) is 19.7 Å². The third-order valence-corrected chi connectivity index (χ3v) is 10.3. The predicted molar refractivity (Wildman–Crippen MR) is 190 cm³/mol. The van der Waals surface area contributed by atoms with Gasteiger partial charge in [-0.1, -0.05) is 30.3 Å². The van der Waals surface area contributed by atoms with Gasteiger partial charge in [-0.05, 0) is 61.6 Å². The van der Waals surface area contributed by atoms with Gasteiger partial charge in [0.25, 0.3) is 0 Å². The number of carbonyl (C=O) groups is 2. The lowest BCUT2D eigenvalue weighted by atomic mass is 9.79. The van der Waals surface area contributed by atoms with Crippen LogP contribution in [0.3, 0.4) is 0 Å². The molecular formula is C37H36ClN9O3. The third-order valence-electron chi connectivity index (χ3n) is 10.3. The van der Waals surface area contributed by atoms with Crippen LogP contribution in [0, 0.1) is 0 Å². The van der Waals surface area contributed by atoms with Crippen LogP contribution < -0.4 is 10.6 Å². The molecule has 0 radical (unpaired) electrons. The van der Waals surface area contributed by atoms with Gasteiger partial charge in [-0.15, -0.1) is 12.4 Å². The summed E-state index contributed by atoms with van der Waals surface area (Å²) in [6.45, 7) is 1.63.